The van der Waals surface area contributed by atoms with Gasteiger partial charge in [0.15, 0.2) is 0 Å². The van der Waals surface area contributed by atoms with E-state index < -0.39 is 22.1 Å². The maximum absolute atomic E-state index is 13.4. The number of urea groups is 1. The summed E-state index contributed by atoms with van der Waals surface area (Å²) in [5, 5.41) is 2.57. The molecule has 3 aromatic carbocycles. The smallest absolute Gasteiger partial charge is 0.325 e. The van der Waals surface area contributed by atoms with Crippen LogP contribution in [0.15, 0.2) is 89.8 Å². The Morgan fingerprint density at radius 3 is 2.06 bits per heavy atom. The molecule has 0 bridgehead atoms. The van der Waals surface area contributed by atoms with Gasteiger partial charge < -0.3 is 10.2 Å². The molecule has 3 aromatic rings. The number of nitrogens with one attached hydrogen (secondary N) is 2. The maximum atomic E-state index is 13.4. The highest BCUT2D eigenvalue weighted by Crippen LogP contribution is 2.17. The van der Waals surface area contributed by atoms with Crippen molar-refractivity contribution in [3.63, 3.8) is 0 Å². The molecule has 0 saturated heterocycles. The number of rotatable bonds is 8. The van der Waals surface area contributed by atoms with Crippen molar-refractivity contribution < 1.29 is 18.0 Å². The van der Waals surface area contributed by atoms with Crippen LogP contribution >= 0.6 is 0 Å². The zero-order valence-corrected chi connectivity index (χ0v) is 19.4. The first kappa shape index (κ1) is 24.0. The Hall–Kier alpha value is -3.65. The van der Waals surface area contributed by atoms with Gasteiger partial charge in [0.25, 0.3) is 10.0 Å². The second-order valence-corrected chi connectivity index (χ2v) is 9.16. The van der Waals surface area contributed by atoms with E-state index in [4.69, 9.17) is 0 Å². The second-order valence-electron chi connectivity index (χ2n) is 7.50. The molecular weight excluding hydrogens is 438 g/mol. The SMILES string of the molecule is CCN(C(=O)C(Cc1ccccc1)NC(=O)NS(=O)(=O)c1ccccc1C)c1ccccc1. The third-order valence-electron chi connectivity index (χ3n) is 5.15. The molecule has 0 radical (unpaired) electrons. The number of hydrogen-bond donors (Lipinski definition) is 2. The Balaban J connectivity index is 1.84. The fraction of sp³-hybridized carbons (Fsp3) is 0.200. The average Bonchev–Trinajstić information content (AvgIpc) is 2.80. The van der Waals surface area contributed by atoms with Crippen LogP contribution in [-0.4, -0.2) is 32.9 Å². The lowest BCUT2D eigenvalue weighted by Gasteiger charge is -2.27. The van der Waals surface area contributed by atoms with Crippen LogP contribution in [0.5, 0.6) is 0 Å². The quantitative estimate of drug-likeness (QED) is 0.531. The van der Waals surface area contributed by atoms with Gasteiger partial charge in [0.1, 0.15) is 6.04 Å². The van der Waals surface area contributed by atoms with E-state index in [0.717, 1.165) is 5.56 Å². The summed E-state index contributed by atoms with van der Waals surface area (Å²) in [6, 6.07) is 22.8. The molecule has 172 valence electrons. The summed E-state index contributed by atoms with van der Waals surface area (Å²) in [5.74, 6) is -0.337. The van der Waals surface area contributed by atoms with Gasteiger partial charge in [-0.05, 0) is 43.2 Å². The summed E-state index contributed by atoms with van der Waals surface area (Å²) >= 11 is 0. The van der Waals surface area contributed by atoms with Gasteiger partial charge in [-0.25, -0.2) is 17.9 Å². The third kappa shape index (κ3) is 6.20. The number of nitrogens with zero attached hydrogens (tertiary/aromatic N) is 1. The van der Waals surface area contributed by atoms with Gasteiger partial charge in [-0.2, -0.15) is 0 Å². The van der Waals surface area contributed by atoms with Crippen molar-refractivity contribution in [3.05, 3.63) is 96.1 Å². The summed E-state index contributed by atoms with van der Waals surface area (Å²) in [7, 11) is -4.10. The monoisotopic (exact) mass is 465 g/mol. The molecule has 0 aliphatic rings. The number of benzene rings is 3. The molecule has 0 aromatic heterocycles. The Kier molecular flexibility index (Phi) is 7.84. The highest BCUT2D eigenvalue weighted by atomic mass is 32.2. The predicted molar refractivity (Wildman–Crippen MR) is 128 cm³/mol. The summed E-state index contributed by atoms with van der Waals surface area (Å²) in [4.78, 5) is 27.7. The van der Waals surface area contributed by atoms with Gasteiger partial charge in [0.05, 0.1) is 4.90 Å². The zero-order chi connectivity index (χ0) is 23.8. The second kappa shape index (κ2) is 10.8. The van der Waals surface area contributed by atoms with Crippen molar-refractivity contribution in [2.24, 2.45) is 0 Å². The molecule has 0 saturated carbocycles. The number of carbonyl (C=O) groups excluding carboxylic acids is 2. The number of hydrogen-bond acceptors (Lipinski definition) is 4. The van der Waals surface area contributed by atoms with Gasteiger partial charge in [0.2, 0.25) is 5.91 Å². The predicted octanol–water partition coefficient (Wildman–Crippen LogP) is 3.65. The number of para-hydroxylation sites is 1. The molecule has 0 aliphatic carbocycles. The molecule has 3 amide bonds. The number of anilines is 1. The lowest BCUT2D eigenvalue weighted by molar-refractivity contribution is -0.120. The van der Waals surface area contributed by atoms with E-state index in [9.17, 15) is 18.0 Å². The van der Waals surface area contributed by atoms with E-state index in [-0.39, 0.29) is 17.2 Å². The minimum absolute atomic E-state index is 0.00514. The number of carbonyl (C=O) groups is 2. The van der Waals surface area contributed by atoms with E-state index >= 15 is 0 Å². The molecule has 0 spiro atoms. The Bertz CT molecular complexity index is 1200. The lowest BCUT2D eigenvalue weighted by atomic mass is 10.0. The van der Waals surface area contributed by atoms with E-state index in [2.05, 4.69) is 5.32 Å². The van der Waals surface area contributed by atoms with Gasteiger partial charge in [0, 0.05) is 18.7 Å². The van der Waals surface area contributed by atoms with Crippen LogP contribution in [0.2, 0.25) is 0 Å². The standard InChI is InChI=1S/C25H27N3O4S/c1-3-28(21-15-8-5-9-16-21)24(29)22(18-20-13-6-4-7-14-20)26-25(30)27-33(31,32)23-17-11-10-12-19(23)2/h4-17,22H,3,18H2,1-2H3,(H2,26,27,30). The topological polar surface area (TPSA) is 95.6 Å². The minimum Gasteiger partial charge on any atom is -0.325 e. The minimum atomic E-state index is -4.10. The van der Waals surface area contributed by atoms with Crippen molar-refractivity contribution in [1.29, 1.82) is 0 Å². The van der Waals surface area contributed by atoms with Gasteiger partial charge in [-0.3, -0.25) is 4.79 Å². The van der Waals surface area contributed by atoms with Crippen molar-refractivity contribution >= 4 is 27.6 Å². The highest BCUT2D eigenvalue weighted by molar-refractivity contribution is 7.90. The fourth-order valence-corrected chi connectivity index (χ4v) is 4.70. The molecule has 0 fully saturated rings. The molecule has 0 heterocycles. The zero-order valence-electron chi connectivity index (χ0n) is 18.6. The van der Waals surface area contributed by atoms with Crippen LogP contribution in [0.3, 0.4) is 0 Å². The molecule has 0 aliphatic heterocycles. The first-order chi connectivity index (χ1) is 15.8. The van der Waals surface area contributed by atoms with Gasteiger partial charge >= 0.3 is 6.03 Å². The van der Waals surface area contributed by atoms with Crippen LogP contribution in [0.4, 0.5) is 10.5 Å². The Morgan fingerprint density at radius 1 is 0.879 bits per heavy atom. The maximum Gasteiger partial charge on any atom is 0.329 e. The lowest BCUT2D eigenvalue weighted by Crippen LogP contribution is -2.53. The van der Waals surface area contributed by atoms with Crippen LogP contribution in [-0.2, 0) is 21.2 Å². The summed E-state index contributed by atoms with van der Waals surface area (Å²) in [5.41, 5.74) is 2.04. The first-order valence-corrected chi connectivity index (χ1v) is 12.1. The molecule has 8 heteroatoms. The number of sulfonamides is 1. The van der Waals surface area contributed by atoms with E-state index in [1.165, 1.54) is 6.07 Å². The van der Waals surface area contributed by atoms with Crippen LogP contribution in [0, 0.1) is 6.92 Å². The van der Waals surface area contributed by atoms with Crippen molar-refractivity contribution in [3.8, 4) is 0 Å². The van der Waals surface area contributed by atoms with Crippen LogP contribution in [0.25, 0.3) is 0 Å². The van der Waals surface area contributed by atoms with Crippen LogP contribution in [0.1, 0.15) is 18.1 Å². The Labute approximate surface area is 194 Å². The highest BCUT2D eigenvalue weighted by Gasteiger charge is 2.28. The van der Waals surface area contributed by atoms with Crippen molar-refractivity contribution in [1.82, 2.24) is 10.0 Å². The normalized spacial score (nSPS) is 11.9. The summed E-state index contributed by atoms with van der Waals surface area (Å²) in [6.45, 7) is 3.87. The van der Waals surface area contributed by atoms with Crippen molar-refractivity contribution in [2.45, 2.75) is 31.2 Å². The summed E-state index contributed by atoms with van der Waals surface area (Å²) < 4.78 is 27.5. The molecule has 2 N–H and O–H groups in total. The van der Waals surface area contributed by atoms with Crippen LogP contribution < -0.4 is 14.9 Å². The van der Waals surface area contributed by atoms with E-state index in [1.807, 2.05) is 72.3 Å². The average molecular weight is 466 g/mol. The molecule has 1 atom stereocenters. The third-order valence-corrected chi connectivity index (χ3v) is 6.64. The first-order valence-electron chi connectivity index (χ1n) is 10.6. The largest absolute Gasteiger partial charge is 0.329 e. The van der Waals surface area contributed by atoms with Gasteiger partial charge in [-0.1, -0.05) is 66.7 Å². The van der Waals surface area contributed by atoms with E-state index in [1.54, 1.807) is 30.0 Å². The number of amides is 3. The Morgan fingerprint density at radius 2 is 1.45 bits per heavy atom. The molecule has 7 nitrogen and oxygen atoms in total. The summed E-state index contributed by atoms with van der Waals surface area (Å²) in [6.07, 6.45) is 0.209. The van der Waals surface area contributed by atoms with Gasteiger partial charge in [-0.15, -0.1) is 0 Å². The molecular formula is C25H27N3O4S. The fourth-order valence-electron chi connectivity index (χ4n) is 3.53. The molecule has 1 unspecified atom stereocenters. The molecule has 3 rings (SSSR count). The number of likely N-dealkylation sites (N-methyl/N-ethyl adjacent to an activating group) is 1. The molecule has 33 heavy (non-hydrogen) atoms. The number of aryl methyl sites for hydroxylation is 1. The van der Waals surface area contributed by atoms with E-state index in [0.29, 0.717) is 17.8 Å². The van der Waals surface area contributed by atoms with Crippen molar-refractivity contribution in [2.75, 3.05) is 11.4 Å².